The van der Waals surface area contributed by atoms with Crippen LogP contribution in [0.5, 0.6) is 0 Å². The molecule has 94 valence electrons. The van der Waals surface area contributed by atoms with Gasteiger partial charge in [0.2, 0.25) is 10.0 Å². The van der Waals surface area contributed by atoms with Gasteiger partial charge in [0.15, 0.2) is 0 Å². The molecule has 0 unspecified atom stereocenters. The van der Waals surface area contributed by atoms with Crippen LogP contribution in [0.4, 0.5) is 11.4 Å². The molecule has 0 atom stereocenters. The van der Waals surface area contributed by atoms with E-state index < -0.39 is 10.0 Å². The van der Waals surface area contributed by atoms with Gasteiger partial charge in [-0.25, -0.2) is 8.42 Å². The number of sulfonamides is 1. The van der Waals surface area contributed by atoms with Gasteiger partial charge in [-0.2, -0.15) is 0 Å². The maximum Gasteiger partial charge on any atom is 0.235 e. The summed E-state index contributed by atoms with van der Waals surface area (Å²) in [4.78, 5) is 0. The van der Waals surface area contributed by atoms with E-state index in [4.69, 9.17) is 0 Å². The molecule has 0 amide bonds. The minimum atomic E-state index is -3.20. The van der Waals surface area contributed by atoms with Crippen molar-refractivity contribution in [2.24, 2.45) is 0 Å². The SMILES string of the molecule is CNc1ccc(NS(=O)(=O)C2CCCC2)cc1. The van der Waals surface area contributed by atoms with E-state index in [2.05, 4.69) is 10.0 Å². The molecule has 1 aromatic rings. The fraction of sp³-hybridized carbons (Fsp3) is 0.500. The Bertz CT molecular complexity index is 462. The molecule has 0 aliphatic heterocycles. The Labute approximate surface area is 102 Å². The number of rotatable bonds is 4. The highest BCUT2D eigenvalue weighted by Crippen LogP contribution is 2.26. The molecule has 5 heteroatoms. The summed E-state index contributed by atoms with van der Waals surface area (Å²) in [5, 5.41) is 2.78. The average molecular weight is 254 g/mol. The van der Waals surface area contributed by atoms with E-state index in [1.807, 2.05) is 19.2 Å². The van der Waals surface area contributed by atoms with Gasteiger partial charge in [-0.1, -0.05) is 12.8 Å². The first-order valence-electron chi connectivity index (χ1n) is 5.91. The van der Waals surface area contributed by atoms with Crippen LogP contribution >= 0.6 is 0 Å². The van der Waals surface area contributed by atoms with Crippen molar-refractivity contribution in [3.8, 4) is 0 Å². The van der Waals surface area contributed by atoms with Gasteiger partial charge in [0.05, 0.1) is 5.25 Å². The Hall–Kier alpha value is -1.23. The molecule has 1 saturated carbocycles. The van der Waals surface area contributed by atoms with Gasteiger partial charge in [-0.05, 0) is 37.1 Å². The quantitative estimate of drug-likeness (QED) is 0.867. The van der Waals surface area contributed by atoms with E-state index >= 15 is 0 Å². The summed E-state index contributed by atoms with van der Waals surface area (Å²) >= 11 is 0. The highest BCUT2D eigenvalue weighted by molar-refractivity contribution is 7.93. The van der Waals surface area contributed by atoms with Crippen LogP contribution in [0.1, 0.15) is 25.7 Å². The van der Waals surface area contributed by atoms with Crippen LogP contribution in [-0.4, -0.2) is 20.7 Å². The molecule has 17 heavy (non-hydrogen) atoms. The minimum absolute atomic E-state index is 0.216. The fourth-order valence-corrected chi connectivity index (χ4v) is 3.74. The van der Waals surface area contributed by atoms with Crippen LogP contribution in [0, 0.1) is 0 Å². The lowest BCUT2D eigenvalue weighted by molar-refractivity contribution is 0.585. The molecule has 0 aromatic heterocycles. The molecule has 1 aromatic carbocycles. The number of hydrogen-bond donors (Lipinski definition) is 2. The number of nitrogens with one attached hydrogen (secondary N) is 2. The number of hydrogen-bond acceptors (Lipinski definition) is 3. The van der Waals surface area contributed by atoms with E-state index in [0.717, 1.165) is 31.4 Å². The smallest absolute Gasteiger partial charge is 0.235 e. The van der Waals surface area contributed by atoms with Crippen molar-refractivity contribution < 1.29 is 8.42 Å². The van der Waals surface area contributed by atoms with Crippen molar-refractivity contribution in [3.05, 3.63) is 24.3 Å². The zero-order valence-corrected chi connectivity index (χ0v) is 10.8. The van der Waals surface area contributed by atoms with Crippen molar-refractivity contribution in [3.63, 3.8) is 0 Å². The van der Waals surface area contributed by atoms with Gasteiger partial charge in [0, 0.05) is 18.4 Å². The summed E-state index contributed by atoms with van der Waals surface area (Å²) in [6, 6.07) is 7.26. The minimum Gasteiger partial charge on any atom is -0.388 e. The van der Waals surface area contributed by atoms with Crippen molar-refractivity contribution in [2.45, 2.75) is 30.9 Å². The van der Waals surface area contributed by atoms with Crippen LogP contribution in [0.25, 0.3) is 0 Å². The lowest BCUT2D eigenvalue weighted by Gasteiger charge is -2.13. The summed E-state index contributed by atoms with van der Waals surface area (Å²) in [5.74, 6) is 0. The predicted molar refractivity (Wildman–Crippen MR) is 70.8 cm³/mol. The lowest BCUT2D eigenvalue weighted by atomic mass is 10.3. The van der Waals surface area contributed by atoms with E-state index in [9.17, 15) is 8.42 Å². The Balaban J connectivity index is 2.08. The lowest BCUT2D eigenvalue weighted by Crippen LogP contribution is -2.25. The Morgan fingerprint density at radius 2 is 1.59 bits per heavy atom. The normalized spacial score (nSPS) is 17.0. The summed E-state index contributed by atoms with van der Waals surface area (Å²) in [7, 11) is -1.37. The molecule has 0 radical (unpaired) electrons. The molecule has 0 bridgehead atoms. The third kappa shape index (κ3) is 2.91. The van der Waals surface area contributed by atoms with Crippen LogP contribution in [-0.2, 0) is 10.0 Å². The second-order valence-electron chi connectivity index (χ2n) is 4.38. The monoisotopic (exact) mass is 254 g/mol. The second kappa shape index (κ2) is 4.96. The maximum absolute atomic E-state index is 12.0. The van der Waals surface area contributed by atoms with Crippen LogP contribution in [0.2, 0.25) is 0 Å². The number of anilines is 2. The first-order valence-corrected chi connectivity index (χ1v) is 7.46. The third-order valence-corrected chi connectivity index (χ3v) is 5.04. The van der Waals surface area contributed by atoms with Gasteiger partial charge < -0.3 is 5.32 Å². The van der Waals surface area contributed by atoms with Crippen molar-refractivity contribution >= 4 is 21.4 Å². The Morgan fingerprint density at radius 1 is 1.06 bits per heavy atom. The summed E-state index contributed by atoms with van der Waals surface area (Å²) in [6.45, 7) is 0. The van der Waals surface area contributed by atoms with Crippen molar-refractivity contribution in [1.29, 1.82) is 0 Å². The zero-order chi connectivity index (χ0) is 12.3. The molecule has 1 fully saturated rings. The molecule has 2 rings (SSSR count). The number of benzene rings is 1. The Morgan fingerprint density at radius 3 is 2.12 bits per heavy atom. The van der Waals surface area contributed by atoms with E-state index in [-0.39, 0.29) is 5.25 Å². The molecule has 4 nitrogen and oxygen atoms in total. The van der Waals surface area contributed by atoms with Crippen molar-refractivity contribution in [1.82, 2.24) is 0 Å². The average Bonchev–Trinajstić information content (AvgIpc) is 2.84. The van der Waals surface area contributed by atoms with Crippen LogP contribution in [0.15, 0.2) is 24.3 Å². The standard InChI is InChI=1S/C12H18N2O2S/c1-13-10-6-8-11(9-7-10)14-17(15,16)12-4-2-3-5-12/h6-9,12-14H,2-5H2,1H3. The zero-order valence-electron chi connectivity index (χ0n) is 9.94. The highest BCUT2D eigenvalue weighted by Gasteiger charge is 2.28. The topological polar surface area (TPSA) is 58.2 Å². The molecule has 1 aliphatic rings. The van der Waals surface area contributed by atoms with E-state index in [1.165, 1.54) is 0 Å². The molecule has 0 saturated heterocycles. The van der Waals surface area contributed by atoms with Gasteiger partial charge in [0.1, 0.15) is 0 Å². The largest absolute Gasteiger partial charge is 0.388 e. The summed E-state index contributed by atoms with van der Waals surface area (Å²) < 4.78 is 26.7. The van der Waals surface area contributed by atoms with Crippen LogP contribution < -0.4 is 10.0 Å². The van der Waals surface area contributed by atoms with Gasteiger partial charge in [-0.3, -0.25) is 4.72 Å². The highest BCUT2D eigenvalue weighted by atomic mass is 32.2. The second-order valence-corrected chi connectivity index (χ2v) is 6.34. The molecule has 0 spiro atoms. The first kappa shape index (κ1) is 12.2. The molecule has 1 aliphatic carbocycles. The van der Waals surface area contributed by atoms with Gasteiger partial charge >= 0.3 is 0 Å². The molecule has 2 N–H and O–H groups in total. The summed E-state index contributed by atoms with van der Waals surface area (Å²) in [6.07, 6.45) is 3.60. The van der Waals surface area contributed by atoms with E-state index in [1.54, 1.807) is 12.1 Å². The van der Waals surface area contributed by atoms with Crippen molar-refractivity contribution in [2.75, 3.05) is 17.1 Å². The van der Waals surface area contributed by atoms with E-state index in [0.29, 0.717) is 5.69 Å². The van der Waals surface area contributed by atoms with Gasteiger partial charge in [0.25, 0.3) is 0 Å². The van der Waals surface area contributed by atoms with Crippen LogP contribution in [0.3, 0.4) is 0 Å². The Kier molecular flexibility index (Phi) is 3.57. The molecule has 0 heterocycles. The summed E-state index contributed by atoms with van der Waals surface area (Å²) in [5.41, 5.74) is 1.60. The van der Waals surface area contributed by atoms with Gasteiger partial charge in [-0.15, -0.1) is 0 Å². The maximum atomic E-state index is 12.0. The third-order valence-electron chi connectivity index (χ3n) is 3.17. The fourth-order valence-electron chi connectivity index (χ4n) is 2.15. The predicted octanol–water partition coefficient (Wildman–Crippen LogP) is 2.41. The molecular weight excluding hydrogens is 236 g/mol. The first-order chi connectivity index (χ1) is 8.12. The molecular formula is C12H18N2O2S.